The van der Waals surface area contributed by atoms with Crippen LogP contribution in [-0.4, -0.2) is 94.6 Å². The summed E-state index contributed by atoms with van der Waals surface area (Å²) in [5, 5.41) is 6.17. The van der Waals surface area contributed by atoms with E-state index in [0.29, 0.717) is 26.4 Å². The minimum Gasteiger partial charge on any atom is -0.457 e. The van der Waals surface area contributed by atoms with Gasteiger partial charge in [-0.3, -0.25) is 0 Å². The van der Waals surface area contributed by atoms with Gasteiger partial charge in [0.15, 0.2) is 0 Å². The summed E-state index contributed by atoms with van der Waals surface area (Å²) in [6.45, 7) is 2.57. The lowest BCUT2D eigenvalue weighted by molar-refractivity contribution is 0.0183. The second kappa shape index (κ2) is 20.0. The molecular formula is C42H38N8O11. The average molecular weight is 831 g/mol. The van der Waals surface area contributed by atoms with E-state index in [1.54, 1.807) is 0 Å². The van der Waals surface area contributed by atoms with Gasteiger partial charge in [0.1, 0.15) is 36.2 Å². The Balaban J connectivity index is 1.19. The molecule has 2 aromatic heterocycles. The van der Waals surface area contributed by atoms with Gasteiger partial charge >= 0.3 is 36.0 Å². The van der Waals surface area contributed by atoms with Gasteiger partial charge in [-0.2, -0.15) is 19.9 Å². The van der Waals surface area contributed by atoms with Crippen LogP contribution in [0.15, 0.2) is 97.1 Å². The molecule has 10 bridgehead atoms. The van der Waals surface area contributed by atoms with Crippen molar-refractivity contribution in [3.63, 3.8) is 0 Å². The van der Waals surface area contributed by atoms with Gasteiger partial charge < -0.3 is 53.3 Å². The van der Waals surface area contributed by atoms with E-state index < -0.39 is 11.9 Å². The van der Waals surface area contributed by atoms with Crippen molar-refractivity contribution in [2.75, 3.05) is 63.4 Å². The molecule has 19 heteroatoms. The van der Waals surface area contributed by atoms with Crippen LogP contribution in [0, 0.1) is 0 Å². The summed E-state index contributed by atoms with van der Waals surface area (Å²) in [5.41, 5.74) is 1.72. The molecule has 2 aliphatic heterocycles. The fourth-order valence-electron chi connectivity index (χ4n) is 5.68. The fourth-order valence-corrected chi connectivity index (χ4v) is 5.68. The van der Waals surface area contributed by atoms with Crippen LogP contribution in [0.4, 0.5) is 11.9 Å². The molecule has 0 spiro atoms. The highest BCUT2D eigenvalue weighted by Gasteiger charge is 2.21. The summed E-state index contributed by atoms with van der Waals surface area (Å²) in [4.78, 5) is 53.5. The lowest BCUT2D eigenvalue weighted by Crippen LogP contribution is -2.17. The number of rotatable bonds is 6. The zero-order chi connectivity index (χ0) is 41.6. The van der Waals surface area contributed by atoms with Crippen molar-refractivity contribution in [2.45, 2.75) is 13.2 Å². The van der Waals surface area contributed by atoms with E-state index in [1.165, 1.54) is 36.4 Å². The molecule has 0 atom stereocenters. The Morgan fingerprint density at radius 3 is 1.16 bits per heavy atom. The Bertz CT molecular complexity index is 2190. The lowest BCUT2D eigenvalue weighted by Gasteiger charge is -2.15. The van der Waals surface area contributed by atoms with Gasteiger partial charge in [-0.1, -0.05) is 60.7 Å². The first-order chi connectivity index (χ1) is 30.0. The molecule has 4 heterocycles. The summed E-state index contributed by atoms with van der Waals surface area (Å²) >= 11 is 0. The van der Waals surface area contributed by atoms with Crippen molar-refractivity contribution >= 4 is 23.8 Å². The molecule has 0 aliphatic carbocycles. The molecule has 6 aromatic rings. The minimum absolute atomic E-state index is 0.0143. The number of aromatic nitrogens is 6. The first kappa shape index (κ1) is 40.3. The monoisotopic (exact) mass is 830 g/mol. The summed E-state index contributed by atoms with van der Waals surface area (Å²) in [7, 11) is 0. The third-order valence-electron chi connectivity index (χ3n) is 8.49. The molecular weight excluding hydrogens is 793 g/mol. The molecule has 8 rings (SSSR count). The maximum absolute atomic E-state index is 13.5. The number of nitrogens with one attached hydrogen (secondary N) is 2. The largest absolute Gasteiger partial charge is 0.457 e. The van der Waals surface area contributed by atoms with Crippen molar-refractivity contribution in [3.05, 3.63) is 119 Å². The van der Waals surface area contributed by atoms with Gasteiger partial charge in [0.05, 0.1) is 50.8 Å². The standard InChI is InChI=1S/C42H38N8O11/c51-35(56-25-27-7-3-1-4-8-27)29-19-31-23-32(20-29)59-40-46-38-44-12-14-54-16-18-55-17-15-53-13-11-43-37-45-39(58-31)49-41(47-37)60-33-21-30(22-34(24-33)61-42(48-38)50-40)36(52)57-26-28-9-5-2-6-10-28/h1-10,19-24H,11-18,25-26H2,(H,43,45,47,49)(H,44,46,48,50). The third-order valence-corrected chi connectivity index (χ3v) is 8.49. The number of fused-ring (bicyclic) bond motifs is 6. The number of hydrogen-bond acceptors (Lipinski definition) is 19. The molecule has 0 unspecified atom stereocenters. The number of anilines is 2. The maximum atomic E-state index is 13.5. The van der Waals surface area contributed by atoms with Crippen molar-refractivity contribution in [1.82, 2.24) is 29.9 Å². The van der Waals surface area contributed by atoms with E-state index >= 15 is 0 Å². The van der Waals surface area contributed by atoms with Crippen LogP contribution in [-0.2, 0) is 36.9 Å². The highest BCUT2D eigenvalue weighted by atomic mass is 16.6. The maximum Gasteiger partial charge on any atom is 0.338 e. The van der Waals surface area contributed by atoms with Gasteiger partial charge in [0.2, 0.25) is 11.9 Å². The molecule has 0 amide bonds. The molecule has 0 saturated heterocycles. The Hall–Kier alpha value is -7.48. The Morgan fingerprint density at radius 1 is 0.459 bits per heavy atom. The SMILES string of the molecule is O=C(OCc1ccccc1)c1cc2cc(c1)Oc1nc3nc(n1)Oc1cc(cc(C(=O)OCc4ccccc4)c1)Oc1nc(nc(n1)O2)NCCOCCOCCOCCN3. The van der Waals surface area contributed by atoms with Crippen LogP contribution in [0.1, 0.15) is 31.8 Å². The lowest BCUT2D eigenvalue weighted by atomic mass is 10.2. The average Bonchev–Trinajstić information content (AvgIpc) is 3.26. The minimum atomic E-state index is -0.673. The predicted octanol–water partition coefficient (Wildman–Crippen LogP) is 6.14. The van der Waals surface area contributed by atoms with E-state index in [1.807, 2.05) is 60.7 Å². The number of carbonyl (C=O) groups is 2. The summed E-state index contributed by atoms with van der Waals surface area (Å²) in [6, 6.07) is 26.3. The van der Waals surface area contributed by atoms with Gasteiger partial charge in [0.25, 0.3) is 0 Å². The Kier molecular flexibility index (Phi) is 13.2. The second-order valence-corrected chi connectivity index (χ2v) is 13.1. The zero-order valence-electron chi connectivity index (χ0n) is 32.5. The van der Waals surface area contributed by atoms with Gasteiger partial charge in [-0.25, -0.2) is 9.59 Å². The highest BCUT2D eigenvalue weighted by molar-refractivity contribution is 5.91. The zero-order valence-corrected chi connectivity index (χ0v) is 32.5. The highest BCUT2D eigenvalue weighted by Crippen LogP contribution is 2.34. The number of hydrogen-bond donors (Lipinski definition) is 2. The van der Waals surface area contributed by atoms with Crippen LogP contribution in [0.25, 0.3) is 0 Å². The molecule has 0 fully saturated rings. The van der Waals surface area contributed by atoms with Crippen LogP contribution in [0.2, 0.25) is 0 Å². The van der Waals surface area contributed by atoms with Crippen LogP contribution in [0.5, 0.6) is 47.0 Å². The number of esters is 2. The van der Waals surface area contributed by atoms with Crippen LogP contribution >= 0.6 is 0 Å². The first-order valence-corrected chi connectivity index (χ1v) is 19.1. The molecule has 19 nitrogen and oxygen atoms in total. The molecule has 61 heavy (non-hydrogen) atoms. The Labute approximate surface area is 348 Å². The molecule has 0 radical (unpaired) electrons. The topological polar surface area (TPSA) is 219 Å². The van der Waals surface area contributed by atoms with E-state index in [4.69, 9.17) is 42.6 Å². The van der Waals surface area contributed by atoms with E-state index in [2.05, 4.69) is 40.5 Å². The van der Waals surface area contributed by atoms with Crippen molar-refractivity contribution in [2.24, 2.45) is 0 Å². The molecule has 0 saturated carbocycles. The summed E-state index contributed by atoms with van der Waals surface area (Å²) < 4.78 is 52.9. The number of benzene rings is 4. The fraction of sp³-hybridized carbons (Fsp3) is 0.238. The first-order valence-electron chi connectivity index (χ1n) is 19.1. The van der Waals surface area contributed by atoms with Gasteiger partial charge in [-0.15, -0.1) is 9.97 Å². The molecule has 312 valence electrons. The smallest absolute Gasteiger partial charge is 0.338 e. The number of nitrogens with zero attached hydrogens (tertiary/aromatic N) is 6. The van der Waals surface area contributed by atoms with Crippen molar-refractivity contribution in [1.29, 1.82) is 0 Å². The summed E-state index contributed by atoms with van der Waals surface area (Å²) in [6.07, 6.45) is 0. The van der Waals surface area contributed by atoms with Crippen LogP contribution < -0.4 is 29.6 Å². The second-order valence-electron chi connectivity index (χ2n) is 13.1. The number of ether oxygens (including phenoxy) is 9. The predicted molar refractivity (Wildman–Crippen MR) is 213 cm³/mol. The summed E-state index contributed by atoms with van der Waals surface area (Å²) in [5.74, 6) is -0.935. The van der Waals surface area contributed by atoms with Crippen molar-refractivity contribution < 1.29 is 52.2 Å². The van der Waals surface area contributed by atoms with Gasteiger partial charge in [0, 0.05) is 25.2 Å². The number of carbonyl (C=O) groups excluding carboxylic acids is 2. The van der Waals surface area contributed by atoms with E-state index in [-0.39, 0.29) is 110 Å². The molecule has 2 N–H and O–H groups in total. The molecule has 4 aromatic carbocycles. The Morgan fingerprint density at radius 2 is 0.803 bits per heavy atom. The van der Waals surface area contributed by atoms with Crippen molar-refractivity contribution in [3.8, 4) is 47.0 Å². The van der Waals surface area contributed by atoms with Gasteiger partial charge in [-0.05, 0) is 35.4 Å². The third kappa shape index (κ3) is 11.8. The molecule has 2 aliphatic rings. The van der Waals surface area contributed by atoms with Crippen LogP contribution in [0.3, 0.4) is 0 Å². The normalized spacial score (nSPS) is 14.2. The van der Waals surface area contributed by atoms with E-state index in [0.717, 1.165) is 11.1 Å². The van der Waals surface area contributed by atoms with E-state index in [9.17, 15) is 9.59 Å². The quantitative estimate of drug-likeness (QED) is 0.180.